The van der Waals surface area contributed by atoms with Crippen LogP contribution in [0, 0.1) is 29.1 Å². The van der Waals surface area contributed by atoms with Crippen LogP contribution in [-0.2, 0) is 0 Å². The van der Waals surface area contributed by atoms with Crippen LogP contribution in [0.5, 0.6) is 0 Å². The lowest BCUT2D eigenvalue weighted by atomic mass is 9.53. The van der Waals surface area contributed by atoms with E-state index in [-0.39, 0.29) is 0 Å². The van der Waals surface area contributed by atoms with Gasteiger partial charge in [0.1, 0.15) is 0 Å². The summed E-state index contributed by atoms with van der Waals surface area (Å²) in [6.45, 7) is 9.04. The Bertz CT molecular complexity index is 520. The SMILES string of the molecule is C=C[C@H]1CCC2C3CCC4=C(CC=C(C)C4)C3CCC21C. The summed E-state index contributed by atoms with van der Waals surface area (Å²) in [5.41, 5.74) is 5.89. The van der Waals surface area contributed by atoms with Gasteiger partial charge in [-0.25, -0.2) is 0 Å². The first-order valence-corrected chi connectivity index (χ1v) is 9.12. The van der Waals surface area contributed by atoms with Gasteiger partial charge in [0.15, 0.2) is 0 Å². The van der Waals surface area contributed by atoms with Gasteiger partial charge in [-0.1, -0.05) is 35.8 Å². The summed E-state index contributed by atoms with van der Waals surface area (Å²) in [4.78, 5) is 0. The second-order valence-corrected chi connectivity index (χ2v) is 8.44. The molecule has 21 heavy (non-hydrogen) atoms. The van der Waals surface area contributed by atoms with Crippen molar-refractivity contribution in [3.8, 4) is 0 Å². The van der Waals surface area contributed by atoms with E-state index in [4.69, 9.17) is 0 Å². The van der Waals surface area contributed by atoms with Gasteiger partial charge in [-0.2, -0.15) is 0 Å². The van der Waals surface area contributed by atoms with Crippen molar-refractivity contribution < 1.29 is 0 Å². The minimum Gasteiger partial charge on any atom is -0.103 e. The molecule has 0 spiro atoms. The summed E-state index contributed by atoms with van der Waals surface area (Å²) in [5.74, 6) is 3.67. The summed E-state index contributed by atoms with van der Waals surface area (Å²) in [6, 6.07) is 0. The van der Waals surface area contributed by atoms with Crippen LogP contribution in [0.3, 0.4) is 0 Å². The number of fused-ring (bicyclic) bond motifs is 4. The molecule has 0 heteroatoms. The van der Waals surface area contributed by atoms with E-state index in [9.17, 15) is 0 Å². The zero-order chi connectivity index (χ0) is 14.6. The van der Waals surface area contributed by atoms with Crippen LogP contribution < -0.4 is 0 Å². The Kier molecular flexibility index (Phi) is 3.21. The van der Waals surface area contributed by atoms with Crippen LogP contribution in [0.1, 0.15) is 65.2 Å². The van der Waals surface area contributed by atoms with E-state index in [1.54, 1.807) is 5.57 Å². The smallest absolute Gasteiger partial charge is 0.0108 e. The summed E-state index contributed by atoms with van der Waals surface area (Å²) < 4.78 is 0. The number of allylic oxidation sites excluding steroid dienone is 5. The van der Waals surface area contributed by atoms with E-state index < -0.39 is 0 Å². The molecule has 0 saturated heterocycles. The van der Waals surface area contributed by atoms with Crippen molar-refractivity contribution in [2.24, 2.45) is 29.1 Å². The third-order valence-electron chi connectivity index (χ3n) is 7.64. The lowest BCUT2D eigenvalue weighted by Crippen LogP contribution is -2.43. The Morgan fingerprint density at radius 2 is 2.10 bits per heavy atom. The van der Waals surface area contributed by atoms with E-state index in [1.807, 2.05) is 11.1 Å². The minimum absolute atomic E-state index is 0.571. The molecule has 0 N–H and O–H groups in total. The third-order valence-corrected chi connectivity index (χ3v) is 7.64. The largest absolute Gasteiger partial charge is 0.103 e. The summed E-state index contributed by atoms with van der Waals surface area (Å²) in [7, 11) is 0. The summed E-state index contributed by atoms with van der Waals surface area (Å²) in [5, 5.41) is 0. The third kappa shape index (κ3) is 1.94. The minimum atomic E-state index is 0.571. The number of hydrogen-bond donors (Lipinski definition) is 0. The van der Waals surface area contributed by atoms with Crippen LogP contribution in [0.4, 0.5) is 0 Å². The van der Waals surface area contributed by atoms with Gasteiger partial charge in [-0.05, 0) is 87.4 Å². The molecule has 0 aromatic rings. The second kappa shape index (κ2) is 4.86. The zero-order valence-electron chi connectivity index (χ0n) is 13.8. The van der Waals surface area contributed by atoms with Crippen molar-refractivity contribution in [2.75, 3.05) is 0 Å². The molecule has 2 saturated carbocycles. The molecule has 5 atom stereocenters. The van der Waals surface area contributed by atoms with Crippen molar-refractivity contribution >= 4 is 0 Å². The average molecular weight is 282 g/mol. The molecule has 4 rings (SSSR count). The summed E-state index contributed by atoms with van der Waals surface area (Å²) >= 11 is 0. The molecule has 0 nitrogen and oxygen atoms in total. The fraction of sp³-hybridized carbons (Fsp3) is 0.714. The number of rotatable bonds is 1. The first-order chi connectivity index (χ1) is 10.1. The first kappa shape index (κ1) is 13.9. The van der Waals surface area contributed by atoms with Crippen molar-refractivity contribution in [2.45, 2.75) is 65.2 Å². The predicted molar refractivity (Wildman–Crippen MR) is 90.0 cm³/mol. The molecule has 0 aromatic heterocycles. The molecule has 0 bridgehead atoms. The maximum atomic E-state index is 4.14. The van der Waals surface area contributed by atoms with Gasteiger partial charge in [0.05, 0.1) is 0 Å². The predicted octanol–water partition coefficient (Wildman–Crippen LogP) is 6.06. The van der Waals surface area contributed by atoms with E-state index in [2.05, 4.69) is 32.6 Å². The van der Waals surface area contributed by atoms with Crippen molar-refractivity contribution in [3.63, 3.8) is 0 Å². The van der Waals surface area contributed by atoms with Crippen LogP contribution in [0.2, 0.25) is 0 Å². The molecule has 0 amide bonds. The van der Waals surface area contributed by atoms with Crippen LogP contribution >= 0.6 is 0 Å². The highest BCUT2D eigenvalue weighted by Gasteiger charge is 2.54. The van der Waals surface area contributed by atoms with Crippen LogP contribution in [-0.4, -0.2) is 0 Å². The molecule has 0 radical (unpaired) electrons. The second-order valence-electron chi connectivity index (χ2n) is 8.44. The lowest BCUT2D eigenvalue weighted by Gasteiger charge is -2.51. The number of hydrogen-bond acceptors (Lipinski definition) is 0. The maximum Gasteiger partial charge on any atom is -0.0108 e. The fourth-order valence-electron chi connectivity index (χ4n) is 6.50. The van der Waals surface area contributed by atoms with Crippen LogP contribution in [0.25, 0.3) is 0 Å². The Morgan fingerprint density at radius 3 is 2.90 bits per heavy atom. The fourth-order valence-corrected chi connectivity index (χ4v) is 6.50. The quantitative estimate of drug-likeness (QED) is 0.513. The molecule has 4 aliphatic carbocycles. The van der Waals surface area contributed by atoms with E-state index >= 15 is 0 Å². The van der Waals surface area contributed by atoms with E-state index in [0.717, 1.165) is 23.7 Å². The Labute approximate surface area is 130 Å². The van der Waals surface area contributed by atoms with E-state index in [0.29, 0.717) is 5.41 Å². The molecule has 0 aromatic carbocycles. The highest BCUT2D eigenvalue weighted by Crippen LogP contribution is 2.63. The van der Waals surface area contributed by atoms with E-state index in [1.165, 1.54) is 51.4 Å². The highest BCUT2D eigenvalue weighted by atomic mass is 14.6. The van der Waals surface area contributed by atoms with Gasteiger partial charge in [0.25, 0.3) is 0 Å². The maximum absolute atomic E-state index is 4.14. The van der Waals surface area contributed by atoms with Crippen molar-refractivity contribution in [1.29, 1.82) is 0 Å². The Hall–Kier alpha value is -0.780. The Morgan fingerprint density at radius 1 is 1.24 bits per heavy atom. The molecule has 0 heterocycles. The lowest BCUT2D eigenvalue weighted by molar-refractivity contribution is 0.0257. The van der Waals surface area contributed by atoms with Gasteiger partial charge in [-0.15, -0.1) is 6.58 Å². The van der Waals surface area contributed by atoms with Gasteiger partial charge in [-0.3, -0.25) is 0 Å². The van der Waals surface area contributed by atoms with Gasteiger partial charge in [0, 0.05) is 0 Å². The van der Waals surface area contributed by atoms with Crippen molar-refractivity contribution in [1.82, 2.24) is 0 Å². The molecular weight excluding hydrogens is 252 g/mol. The van der Waals surface area contributed by atoms with Gasteiger partial charge < -0.3 is 0 Å². The average Bonchev–Trinajstić information content (AvgIpc) is 2.83. The monoisotopic (exact) mass is 282 g/mol. The molecule has 4 aliphatic rings. The van der Waals surface area contributed by atoms with Crippen molar-refractivity contribution in [3.05, 3.63) is 35.5 Å². The zero-order valence-corrected chi connectivity index (χ0v) is 13.8. The topological polar surface area (TPSA) is 0 Å². The summed E-state index contributed by atoms with van der Waals surface area (Å²) in [6.07, 6.45) is 16.0. The highest BCUT2D eigenvalue weighted by molar-refractivity contribution is 5.33. The van der Waals surface area contributed by atoms with Crippen LogP contribution in [0.15, 0.2) is 35.5 Å². The Balaban J connectivity index is 1.63. The molecular formula is C21H30. The standard InChI is InChI=1S/C21H30/c1-4-16-7-10-20-19-9-6-15-13-14(2)5-8-17(15)18(19)11-12-21(16,20)3/h4-5,16,18-20H,1,6-13H2,2-3H3/t16-,18?,19?,20?,21?/m0/s1. The van der Waals surface area contributed by atoms with Gasteiger partial charge in [0.2, 0.25) is 0 Å². The molecule has 114 valence electrons. The molecule has 0 aliphatic heterocycles. The molecule has 4 unspecified atom stereocenters. The molecule has 2 fully saturated rings. The van der Waals surface area contributed by atoms with Gasteiger partial charge >= 0.3 is 0 Å². The normalized spacial score (nSPS) is 45.5. The first-order valence-electron chi connectivity index (χ1n) is 9.12.